The Morgan fingerprint density at radius 2 is 2.00 bits per heavy atom. The molecule has 2 aromatic rings. The van der Waals surface area contributed by atoms with Gasteiger partial charge in [-0.3, -0.25) is 5.01 Å². The molecule has 1 aromatic carbocycles. The topological polar surface area (TPSA) is 117 Å². The number of halogens is 1. The number of aryl methyl sites for hydroxylation is 1. The van der Waals surface area contributed by atoms with Crippen LogP contribution in [0, 0.1) is 11.7 Å². The predicted octanol–water partition coefficient (Wildman–Crippen LogP) is 3.23. The van der Waals surface area contributed by atoms with Gasteiger partial charge in [0.2, 0.25) is 0 Å². The highest BCUT2D eigenvalue weighted by Crippen LogP contribution is 2.35. The number of ether oxygens (including phenoxy) is 1. The number of carboxylic acids is 1. The second-order valence-corrected chi connectivity index (χ2v) is 9.43. The summed E-state index contributed by atoms with van der Waals surface area (Å²) >= 11 is 0. The second kappa shape index (κ2) is 9.36. The highest BCUT2D eigenvalue weighted by Gasteiger charge is 2.45. The van der Waals surface area contributed by atoms with E-state index in [9.17, 15) is 19.1 Å². The zero-order chi connectivity index (χ0) is 24.5. The third kappa shape index (κ3) is 5.16. The Morgan fingerprint density at radius 3 is 2.68 bits per heavy atom. The molecular formula is C24H28FN5O4. The number of aromatic nitrogens is 2. The number of fused-ring (bicyclic) bond motifs is 3. The molecule has 2 N–H and O–H groups in total. The molecule has 10 heteroatoms. The van der Waals surface area contributed by atoms with E-state index in [0.29, 0.717) is 55.1 Å². The van der Waals surface area contributed by atoms with Gasteiger partial charge in [0.1, 0.15) is 11.4 Å². The molecule has 2 atom stereocenters. The number of hydrazone groups is 1. The van der Waals surface area contributed by atoms with E-state index >= 15 is 0 Å². The molecule has 34 heavy (non-hydrogen) atoms. The average molecular weight is 470 g/mol. The number of nitrogens with zero attached hydrogens (tertiary/aromatic N) is 4. The van der Waals surface area contributed by atoms with Crippen LogP contribution in [-0.2, 0) is 16.0 Å². The Balaban J connectivity index is 1.50. The summed E-state index contributed by atoms with van der Waals surface area (Å²) < 4.78 is 18.5. The number of hydrogen-bond donors (Lipinski definition) is 2. The number of carbonyl (C=O) groups excluding carboxylic acids is 1. The van der Waals surface area contributed by atoms with Crippen molar-refractivity contribution in [1.82, 2.24) is 20.3 Å². The molecule has 9 nitrogen and oxygen atoms in total. The Bertz CT molecular complexity index is 1110. The standard InChI is InChI=1S/C24H28FN5O4/c1-24(2,3)34-23(33)26-11-4-12-30-20(22(31)32)17-10-7-15-13-27-21(28-18(15)19(17)29-30)14-5-8-16(25)9-6-14/h5-6,8-9,13,17,20H,4,7,10-12H2,1-3H3,(H,26,33)(H,31,32). The normalized spacial score (nSPS) is 19.2. The number of alkyl carbamates (subject to hydrolysis) is 1. The SMILES string of the molecule is CC(C)(C)OC(=O)NCCCN1N=C2c3nc(-c4ccc(F)cc4)ncc3CCC2C1C(=O)O. The van der Waals surface area contributed by atoms with Gasteiger partial charge < -0.3 is 15.2 Å². The van der Waals surface area contributed by atoms with Crippen molar-refractivity contribution in [2.75, 3.05) is 13.1 Å². The molecule has 0 spiro atoms. The summed E-state index contributed by atoms with van der Waals surface area (Å²) in [7, 11) is 0. The monoisotopic (exact) mass is 469 g/mol. The zero-order valence-corrected chi connectivity index (χ0v) is 19.4. The summed E-state index contributed by atoms with van der Waals surface area (Å²) in [6, 6.07) is 5.12. The molecule has 0 saturated carbocycles. The van der Waals surface area contributed by atoms with Gasteiger partial charge in [-0.2, -0.15) is 5.10 Å². The van der Waals surface area contributed by atoms with E-state index in [4.69, 9.17) is 4.74 Å². The second-order valence-electron chi connectivity index (χ2n) is 9.43. The molecule has 0 fully saturated rings. The number of nitrogens with one attached hydrogen (secondary N) is 1. The third-order valence-corrected chi connectivity index (χ3v) is 5.71. The van der Waals surface area contributed by atoms with Crippen LogP contribution in [0.15, 0.2) is 35.6 Å². The van der Waals surface area contributed by atoms with Gasteiger partial charge in [0.15, 0.2) is 11.9 Å². The first-order valence-corrected chi connectivity index (χ1v) is 11.3. The first-order valence-electron chi connectivity index (χ1n) is 11.3. The molecule has 0 radical (unpaired) electrons. The van der Waals surface area contributed by atoms with E-state index in [2.05, 4.69) is 20.4 Å². The maximum atomic E-state index is 13.3. The predicted molar refractivity (Wildman–Crippen MR) is 123 cm³/mol. The minimum Gasteiger partial charge on any atom is -0.480 e. The van der Waals surface area contributed by atoms with Crippen LogP contribution >= 0.6 is 0 Å². The van der Waals surface area contributed by atoms with Gasteiger partial charge in [-0.1, -0.05) is 0 Å². The van der Waals surface area contributed by atoms with Crippen LogP contribution < -0.4 is 5.32 Å². The van der Waals surface area contributed by atoms with Crippen molar-refractivity contribution < 1.29 is 23.8 Å². The molecule has 1 aromatic heterocycles. The van der Waals surface area contributed by atoms with Crippen LogP contribution in [0.1, 0.15) is 44.9 Å². The van der Waals surface area contributed by atoms with Crippen molar-refractivity contribution in [3.63, 3.8) is 0 Å². The van der Waals surface area contributed by atoms with Crippen molar-refractivity contribution in [2.45, 2.75) is 51.7 Å². The van der Waals surface area contributed by atoms with Crippen LogP contribution in [-0.4, -0.2) is 62.6 Å². The van der Waals surface area contributed by atoms with Crippen LogP contribution in [0.25, 0.3) is 11.4 Å². The van der Waals surface area contributed by atoms with Crippen molar-refractivity contribution in [1.29, 1.82) is 0 Å². The number of benzene rings is 1. The molecular weight excluding hydrogens is 441 g/mol. The summed E-state index contributed by atoms with van der Waals surface area (Å²) in [5.41, 5.74) is 2.28. The molecule has 0 bridgehead atoms. The van der Waals surface area contributed by atoms with Gasteiger partial charge in [-0.25, -0.2) is 23.9 Å². The number of rotatable bonds is 6. The summed E-state index contributed by atoms with van der Waals surface area (Å²) in [5, 5.41) is 18.8. The lowest BCUT2D eigenvalue weighted by atomic mass is 9.82. The molecule has 2 heterocycles. The molecule has 180 valence electrons. The maximum Gasteiger partial charge on any atom is 0.407 e. The lowest BCUT2D eigenvalue weighted by Gasteiger charge is -2.27. The van der Waals surface area contributed by atoms with E-state index in [-0.39, 0.29) is 11.7 Å². The smallest absolute Gasteiger partial charge is 0.407 e. The van der Waals surface area contributed by atoms with Gasteiger partial charge in [0.25, 0.3) is 0 Å². The minimum atomic E-state index is -0.944. The fourth-order valence-corrected chi connectivity index (χ4v) is 4.24. The Morgan fingerprint density at radius 1 is 1.26 bits per heavy atom. The fourth-order valence-electron chi connectivity index (χ4n) is 4.24. The van der Waals surface area contributed by atoms with Crippen LogP contribution in [0.2, 0.25) is 0 Å². The molecule has 2 aliphatic rings. The minimum absolute atomic E-state index is 0.292. The highest BCUT2D eigenvalue weighted by molar-refractivity contribution is 6.06. The fraction of sp³-hybridized carbons (Fsp3) is 0.458. The lowest BCUT2D eigenvalue weighted by molar-refractivity contribution is -0.144. The van der Waals surface area contributed by atoms with Crippen molar-refractivity contribution in [3.8, 4) is 11.4 Å². The Labute approximate surface area is 197 Å². The molecule has 0 saturated heterocycles. The van der Waals surface area contributed by atoms with E-state index in [0.717, 1.165) is 5.56 Å². The molecule has 2 unspecified atom stereocenters. The summed E-state index contributed by atoms with van der Waals surface area (Å²) in [6.07, 6.45) is 3.02. The maximum absolute atomic E-state index is 13.3. The van der Waals surface area contributed by atoms with Gasteiger partial charge in [-0.05, 0) is 69.9 Å². The zero-order valence-electron chi connectivity index (χ0n) is 19.4. The van der Waals surface area contributed by atoms with Crippen LogP contribution in [0.4, 0.5) is 9.18 Å². The van der Waals surface area contributed by atoms with Crippen LogP contribution in [0.3, 0.4) is 0 Å². The lowest BCUT2D eigenvalue weighted by Crippen LogP contribution is -2.42. The first-order chi connectivity index (χ1) is 16.1. The van der Waals surface area contributed by atoms with Gasteiger partial charge in [0, 0.05) is 30.8 Å². The van der Waals surface area contributed by atoms with E-state index < -0.39 is 23.7 Å². The number of hydrogen-bond acceptors (Lipinski definition) is 7. The first kappa shape index (κ1) is 23.6. The quantitative estimate of drug-likeness (QED) is 0.624. The molecule has 1 aliphatic heterocycles. The molecule has 1 aliphatic carbocycles. The highest BCUT2D eigenvalue weighted by atomic mass is 19.1. The average Bonchev–Trinajstić information content (AvgIpc) is 3.15. The van der Waals surface area contributed by atoms with Gasteiger partial charge in [-0.15, -0.1) is 0 Å². The summed E-state index contributed by atoms with van der Waals surface area (Å²) in [5.74, 6) is -1.14. The summed E-state index contributed by atoms with van der Waals surface area (Å²) in [6.45, 7) is 6.05. The summed E-state index contributed by atoms with van der Waals surface area (Å²) in [4.78, 5) is 33.0. The Kier molecular flexibility index (Phi) is 6.49. The number of carbonyl (C=O) groups is 2. The Hall–Kier alpha value is -3.56. The van der Waals surface area contributed by atoms with Gasteiger partial charge in [0.05, 0.1) is 11.4 Å². The van der Waals surface area contributed by atoms with Crippen molar-refractivity contribution >= 4 is 17.8 Å². The van der Waals surface area contributed by atoms with E-state index in [1.807, 2.05) is 0 Å². The third-order valence-electron chi connectivity index (χ3n) is 5.71. The van der Waals surface area contributed by atoms with E-state index in [1.165, 1.54) is 12.1 Å². The number of carboxylic acid groups (broad SMARTS) is 1. The van der Waals surface area contributed by atoms with E-state index in [1.54, 1.807) is 44.1 Å². The number of aliphatic carboxylic acids is 1. The van der Waals surface area contributed by atoms with Crippen molar-refractivity contribution in [2.24, 2.45) is 11.0 Å². The largest absolute Gasteiger partial charge is 0.480 e. The number of amides is 1. The van der Waals surface area contributed by atoms with Gasteiger partial charge >= 0.3 is 12.1 Å². The molecule has 1 amide bonds. The van der Waals surface area contributed by atoms with Crippen molar-refractivity contribution in [3.05, 3.63) is 47.5 Å². The molecule has 4 rings (SSSR count). The van der Waals surface area contributed by atoms with Crippen LogP contribution in [0.5, 0.6) is 0 Å².